The molecule has 22 heavy (non-hydrogen) atoms. The van der Waals surface area contributed by atoms with Crippen LogP contribution in [0, 0.1) is 0 Å². The van der Waals surface area contributed by atoms with Gasteiger partial charge in [0.1, 0.15) is 0 Å². The lowest BCUT2D eigenvalue weighted by Gasteiger charge is -2.10. The molecule has 0 saturated heterocycles. The van der Waals surface area contributed by atoms with Gasteiger partial charge in [0.25, 0.3) is 0 Å². The summed E-state index contributed by atoms with van der Waals surface area (Å²) >= 11 is 7.74. The highest BCUT2D eigenvalue weighted by atomic mass is 35.5. The van der Waals surface area contributed by atoms with Gasteiger partial charge in [0.2, 0.25) is 0 Å². The largest absolute Gasteiger partial charge is 0.282 e. The molecule has 0 spiro atoms. The summed E-state index contributed by atoms with van der Waals surface area (Å²) < 4.78 is 0. The zero-order valence-electron chi connectivity index (χ0n) is 12.4. The van der Waals surface area contributed by atoms with Crippen molar-refractivity contribution >= 4 is 34.8 Å². The maximum absolute atomic E-state index is 6.00. The fraction of sp³-hybridized carbons (Fsp3) is 0.222. The molecule has 1 aliphatic rings. The second-order valence-corrected chi connectivity index (χ2v) is 6.37. The van der Waals surface area contributed by atoms with Crippen molar-refractivity contribution in [1.82, 2.24) is 0 Å². The van der Waals surface area contributed by atoms with E-state index < -0.39 is 0 Å². The predicted molar refractivity (Wildman–Crippen MR) is 97.1 cm³/mol. The van der Waals surface area contributed by atoms with Crippen molar-refractivity contribution in [3.05, 3.63) is 64.7 Å². The molecule has 1 aliphatic heterocycles. The van der Waals surface area contributed by atoms with Crippen molar-refractivity contribution < 1.29 is 0 Å². The molecule has 0 fully saturated rings. The third-order valence-electron chi connectivity index (χ3n) is 3.56. The highest BCUT2D eigenvalue weighted by Crippen LogP contribution is 2.19. The topological polar surface area (TPSA) is 24.7 Å². The van der Waals surface area contributed by atoms with Crippen molar-refractivity contribution in [2.75, 3.05) is 19.3 Å². The maximum Gasteiger partial charge on any atom is 0.0904 e. The number of aliphatic imine (C=N–C) groups is 2. The molecule has 3 rings (SSSR count). The lowest BCUT2D eigenvalue weighted by atomic mass is 9.99. The summed E-state index contributed by atoms with van der Waals surface area (Å²) in [7, 11) is 0. The molecule has 0 atom stereocenters. The quantitative estimate of drug-likeness (QED) is 0.747. The van der Waals surface area contributed by atoms with E-state index in [1.54, 1.807) is 11.8 Å². The fourth-order valence-corrected chi connectivity index (χ4v) is 2.95. The second-order valence-electron chi connectivity index (χ2n) is 5.05. The van der Waals surface area contributed by atoms with Crippen LogP contribution in [0.15, 0.2) is 63.4 Å². The summed E-state index contributed by atoms with van der Waals surface area (Å²) in [6.07, 6.45) is 3.07. The van der Waals surface area contributed by atoms with Gasteiger partial charge in [-0.3, -0.25) is 9.98 Å². The Morgan fingerprint density at radius 3 is 1.82 bits per heavy atom. The van der Waals surface area contributed by atoms with Crippen LogP contribution in [0.5, 0.6) is 0 Å². The molecule has 0 bridgehead atoms. The minimum Gasteiger partial charge on any atom is -0.282 e. The Labute approximate surface area is 140 Å². The summed E-state index contributed by atoms with van der Waals surface area (Å²) in [6.45, 7) is 1.63. The standard InChI is InChI=1S/C18H17ClN2S/c1-22-16-9-5-14(6-10-16)18-17(20-11-2-12-21-18)13-3-7-15(19)8-4-13/h3-10H,2,11-12H2,1H3. The van der Waals surface area contributed by atoms with Gasteiger partial charge in [0.15, 0.2) is 0 Å². The van der Waals surface area contributed by atoms with Crippen LogP contribution in [0.4, 0.5) is 0 Å². The smallest absolute Gasteiger partial charge is 0.0904 e. The van der Waals surface area contributed by atoms with Gasteiger partial charge in [-0.25, -0.2) is 0 Å². The molecule has 1 heterocycles. The Morgan fingerprint density at radius 1 is 0.818 bits per heavy atom. The first-order valence-electron chi connectivity index (χ1n) is 7.27. The van der Waals surface area contributed by atoms with Crippen LogP contribution in [0.3, 0.4) is 0 Å². The highest BCUT2D eigenvalue weighted by Gasteiger charge is 2.16. The van der Waals surface area contributed by atoms with E-state index in [0.29, 0.717) is 0 Å². The van der Waals surface area contributed by atoms with E-state index >= 15 is 0 Å². The van der Waals surface area contributed by atoms with E-state index in [1.807, 2.05) is 24.3 Å². The number of nitrogens with zero attached hydrogens (tertiary/aromatic N) is 2. The van der Waals surface area contributed by atoms with E-state index in [0.717, 1.165) is 47.1 Å². The summed E-state index contributed by atoms with van der Waals surface area (Å²) in [5.74, 6) is 0. The van der Waals surface area contributed by atoms with Crippen LogP contribution >= 0.6 is 23.4 Å². The molecule has 0 aliphatic carbocycles. The first-order chi connectivity index (χ1) is 10.8. The van der Waals surface area contributed by atoms with Gasteiger partial charge in [0, 0.05) is 34.1 Å². The normalized spacial score (nSPS) is 15.0. The van der Waals surface area contributed by atoms with E-state index in [1.165, 1.54) is 4.90 Å². The number of hydrogen-bond acceptors (Lipinski definition) is 3. The van der Waals surface area contributed by atoms with Gasteiger partial charge >= 0.3 is 0 Å². The summed E-state index contributed by atoms with van der Waals surface area (Å²) in [6, 6.07) is 16.3. The zero-order valence-corrected chi connectivity index (χ0v) is 14.0. The van der Waals surface area contributed by atoms with Crippen LogP contribution in [0.1, 0.15) is 17.5 Å². The van der Waals surface area contributed by atoms with Gasteiger partial charge in [-0.05, 0) is 36.9 Å². The molecule has 0 aromatic heterocycles. The van der Waals surface area contributed by atoms with Crippen LogP contribution < -0.4 is 0 Å². The number of benzene rings is 2. The van der Waals surface area contributed by atoms with Crippen molar-refractivity contribution in [2.24, 2.45) is 9.98 Å². The number of rotatable bonds is 3. The summed E-state index contributed by atoms with van der Waals surface area (Å²) in [4.78, 5) is 10.8. The predicted octanol–water partition coefficient (Wildman–Crippen LogP) is 4.74. The lowest BCUT2D eigenvalue weighted by molar-refractivity contribution is 0.857. The second kappa shape index (κ2) is 7.12. The Hall–Kier alpha value is -1.58. The molecular weight excluding hydrogens is 312 g/mol. The molecule has 2 nitrogen and oxygen atoms in total. The molecule has 0 unspecified atom stereocenters. The van der Waals surface area contributed by atoms with E-state index in [2.05, 4.69) is 30.5 Å². The zero-order chi connectivity index (χ0) is 15.4. The first kappa shape index (κ1) is 15.3. The molecule has 0 N–H and O–H groups in total. The maximum atomic E-state index is 6.00. The monoisotopic (exact) mass is 328 g/mol. The molecule has 0 amide bonds. The number of hydrogen-bond donors (Lipinski definition) is 0. The van der Waals surface area contributed by atoms with Crippen LogP contribution in [0.2, 0.25) is 5.02 Å². The molecule has 0 saturated carbocycles. The van der Waals surface area contributed by atoms with Gasteiger partial charge in [-0.15, -0.1) is 11.8 Å². The Kier molecular flexibility index (Phi) is 4.96. The van der Waals surface area contributed by atoms with Crippen molar-refractivity contribution in [1.29, 1.82) is 0 Å². The fourth-order valence-electron chi connectivity index (χ4n) is 2.41. The molecule has 2 aromatic carbocycles. The SMILES string of the molecule is CSc1ccc(C2=NCCCN=C2c2ccc(Cl)cc2)cc1. The molecule has 112 valence electrons. The summed E-state index contributed by atoms with van der Waals surface area (Å²) in [5.41, 5.74) is 4.13. The number of thioether (sulfide) groups is 1. The van der Waals surface area contributed by atoms with Crippen molar-refractivity contribution in [3.8, 4) is 0 Å². The first-order valence-corrected chi connectivity index (χ1v) is 8.88. The lowest BCUT2D eigenvalue weighted by Crippen LogP contribution is -2.17. The number of halogens is 1. The minimum atomic E-state index is 0.737. The third-order valence-corrected chi connectivity index (χ3v) is 4.56. The van der Waals surface area contributed by atoms with Crippen LogP contribution in [0.25, 0.3) is 0 Å². The molecular formula is C18H17ClN2S. The molecule has 2 aromatic rings. The van der Waals surface area contributed by atoms with E-state index in [-0.39, 0.29) is 0 Å². The van der Waals surface area contributed by atoms with Crippen LogP contribution in [-0.4, -0.2) is 30.8 Å². The van der Waals surface area contributed by atoms with Crippen molar-refractivity contribution in [3.63, 3.8) is 0 Å². The van der Waals surface area contributed by atoms with Gasteiger partial charge in [0.05, 0.1) is 11.4 Å². The highest BCUT2D eigenvalue weighted by molar-refractivity contribution is 7.98. The Balaban J connectivity index is 2.01. The minimum absolute atomic E-state index is 0.737. The third kappa shape index (κ3) is 3.42. The van der Waals surface area contributed by atoms with Gasteiger partial charge in [-0.1, -0.05) is 35.9 Å². The van der Waals surface area contributed by atoms with Crippen molar-refractivity contribution in [2.45, 2.75) is 11.3 Å². The van der Waals surface area contributed by atoms with E-state index in [4.69, 9.17) is 21.6 Å². The Morgan fingerprint density at radius 2 is 1.32 bits per heavy atom. The average Bonchev–Trinajstić information content (AvgIpc) is 2.81. The van der Waals surface area contributed by atoms with E-state index in [9.17, 15) is 0 Å². The van der Waals surface area contributed by atoms with Gasteiger partial charge in [-0.2, -0.15) is 0 Å². The van der Waals surface area contributed by atoms with Gasteiger partial charge < -0.3 is 0 Å². The van der Waals surface area contributed by atoms with Crippen LogP contribution in [-0.2, 0) is 0 Å². The summed E-state index contributed by atoms with van der Waals surface area (Å²) in [5, 5.41) is 0.737. The molecule has 4 heteroatoms. The average molecular weight is 329 g/mol. The molecule has 0 radical (unpaired) electrons. The Bertz CT molecular complexity index is 703.